The molecule has 0 aliphatic rings. The molecular weight excluding hydrogens is 383 g/mol. The molecule has 0 radical (unpaired) electrons. The second-order valence-electron chi connectivity index (χ2n) is 3.59. The Morgan fingerprint density at radius 1 is 1.32 bits per heavy atom. The average Bonchev–Trinajstić information content (AvgIpc) is 2.38. The summed E-state index contributed by atoms with van der Waals surface area (Å²) in [5.41, 5.74) is 5.95. The van der Waals surface area contributed by atoms with Crippen LogP contribution in [0.1, 0.15) is 16.8 Å². The normalized spacial score (nSPS) is 9.47. The van der Waals surface area contributed by atoms with E-state index < -0.39 is 0 Å². The van der Waals surface area contributed by atoms with Crippen LogP contribution in [0.3, 0.4) is 0 Å². The first kappa shape index (κ1) is 18.3. The van der Waals surface area contributed by atoms with Crippen molar-refractivity contribution in [3.05, 3.63) is 21.3 Å². The third-order valence-corrected chi connectivity index (χ3v) is 3.28. The molecule has 0 aliphatic heterocycles. The van der Waals surface area contributed by atoms with Crippen LogP contribution in [0.2, 0.25) is 0 Å². The molecule has 7 heteroatoms. The smallest absolute Gasteiger partial charge is 0.252 e. The fourth-order valence-corrected chi connectivity index (χ4v) is 2.11. The highest BCUT2D eigenvalue weighted by Crippen LogP contribution is 2.31. The summed E-state index contributed by atoms with van der Waals surface area (Å²) in [5.74, 6) is 1.02. The Labute approximate surface area is 132 Å². The number of benzene rings is 1. The van der Waals surface area contributed by atoms with Gasteiger partial charge < -0.3 is 20.5 Å². The minimum atomic E-state index is -0.131. The molecule has 0 unspecified atom stereocenters. The SMILES string of the molecule is COc1cc(I)c(C(=O)NCCCN)cc1OC.Cl. The molecule has 1 rings (SSSR count). The minimum Gasteiger partial charge on any atom is -0.493 e. The molecule has 108 valence electrons. The van der Waals surface area contributed by atoms with Gasteiger partial charge in [-0.15, -0.1) is 12.4 Å². The van der Waals surface area contributed by atoms with Crippen molar-refractivity contribution in [1.82, 2.24) is 5.32 Å². The van der Waals surface area contributed by atoms with Crippen LogP contribution in [0, 0.1) is 3.57 Å². The molecule has 0 saturated carbocycles. The second-order valence-corrected chi connectivity index (χ2v) is 4.75. The van der Waals surface area contributed by atoms with Gasteiger partial charge in [-0.2, -0.15) is 0 Å². The van der Waals surface area contributed by atoms with Crippen LogP contribution < -0.4 is 20.5 Å². The number of hydrogen-bond donors (Lipinski definition) is 2. The zero-order chi connectivity index (χ0) is 13.5. The van der Waals surface area contributed by atoms with E-state index in [2.05, 4.69) is 27.9 Å². The van der Waals surface area contributed by atoms with Crippen LogP contribution in [0.5, 0.6) is 11.5 Å². The molecule has 19 heavy (non-hydrogen) atoms. The number of hydrogen-bond acceptors (Lipinski definition) is 4. The zero-order valence-electron chi connectivity index (χ0n) is 10.9. The Morgan fingerprint density at radius 3 is 2.42 bits per heavy atom. The van der Waals surface area contributed by atoms with Crippen molar-refractivity contribution in [2.45, 2.75) is 6.42 Å². The summed E-state index contributed by atoms with van der Waals surface area (Å²) < 4.78 is 11.2. The number of halogens is 2. The number of ether oxygens (including phenoxy) is 2. The van der Waals surface area contributed by atoms with Crippen LogP contribution in [0.15, 0.2) is 12.1 Å². The Balaban J connectivity index is 0.00000324. The molecule has 0 fully saturated rings. The molecule has 1 aromatic carbocycles. The lowest BCUT2D eigenvalue weighted by atomic mass is 10.2. The lowest BCUT2D eigenvalue weighted by Gasteiger charge is -2.12. The largest absolute Gasteiger partial charge is 0.493 e. The summed E-state index contributed by atoms with van der Waals surface area (Å²) in [5, 5.41) is 2.81. The predicted molar refractivity (Wildman–Crippen MR) is 85.5 cm³/mol. The van der Waals surface area contributed by atoms with E-state index in [0.29, 0.717) is 30.2 Å². The van der Waals surface area contributed by atoms with Crippen molar-refractivity contribution in [2.24, 2.45) is 5.73 Å². The topological polar surface area (TPSA) is 73.6 Å². The molecule has 0 atom stereocenters. The predicted octanol–water partition coefficient (Wildman–Crippen LogP) is 1.81. The van der Waals surface area contributed by atoms with Crippen LogP contribution in [0.4, 0.5) is 0 Å². The summed E-state index contributed by atoms with van der Waals surface area (Å²) in [4.78, 5) is 12.0. The van der Waals surface area contributed by atoms with E-state index in [-0.39, 0.29) is 18.3 Å². The van der Waals surface area contributed by atoms with Crippen molar-refractivity contribution in [2.75, 3.05) is 27.3 Å². The van der Waals surface area contributed by atoms with Crippen LogP contribution >= 0.6 is 35.0 Å². The van der Waals surface area contributed by atoms with Gasteiger partial charge in [0.2, 0.25) is 0 Å². The first-order valence-corrected chi connectivity index (χ1v) is 6.61. The monoisotopic (exact) mass is 400 g/mol. The Hall–Kier alpha value is -0.730. The molecule has 0 heterocycles. The van der Waals surface area contributed by atoms with Crippen molar-refractivity contribution in [1.29, 1.82) is 0 Å². The van der Waals surface area contributed by atoms with E-state index in [9.17, 15) is 4.79 Å². The molecule has 0 aromatic heterocycles. The van der Waals surface area contributed by atoms with Gasteiger partial charge in [-0.25, -0.2) is 0 Å². The number of nitrogens with two attached hydrogens (primary N) is 1. The van der Waals surface area contributed by atoms with Gasteiger partial charge in [0.05, 0.1) is 19.8 Å². The third-order valence-electron chi connectivity index (χ3n) is 2.38. The molecule has 1 aromatic rings. The first-order chi connectivity index (χ1) is 8.63. The van der Waals surface area contributed by atoms with Crippen molar-refractivity contribution in [3.63, 3.8) is 0 Å². The summed E-state index contributed by atoms with van der Waals surface area (Å²) in [6.45, 7) is 1.13. The molecule has 1 amide bonds. The Kier molecular flexibility index (Phi) is 8.86. The van der Waals surface area contributed by atoms with Crippen molar-refractivity contribution < 1.29 is 14.3 Å². The van der Waals surface area contributed by atoms with Gasteiger partial charge in [0.25, 0.3) is 5.91 Å². The van der Waals surface area contributed by atoms with Crippen molar-refractivity contribution in [3.8, 4) is 11.5 Å². The standard InChI is InChI=1S/C12H17IN2O3.ClH/c1-17-10-6-8(9(13)7-11(10)18-2)12(16)15-5-3-4-14;/h6-7H,3-5,14H2,1-2H3,(H,15,16);1H. The first-order valence-electron chi connectivity index (χ1n) is 5.53. The fraction of sp³-hybridized carbons (Fsp3) is 0.417. The third kappa shape index (κ3) is 5.04. The van der Waals surface area contributed by atoms with Gasteiger partial charge in [0.1, 0.15) is 0 Å². The molecule has 5 nitrogen and oxygen atoms in total. The number of carbonyl (C=O) groups is 1. The number of methoxy groups -OCH3 is 2. The van der Waals surface area contributed by atoms with Gasteiger partial charge in [0.15, 0.2) is 11.5 Å². The lowest BCUT2D eigenvalue weighted by Crippen LogP contribution is -2.26. The molecule has 0 bridgehead atoms. The van der Waals surface area contributed by atoms with Gasteiger partial charge in [-0.05, 0) is 47.7 Å². The van der Waals surface area contributed by atoms with E-state index in [4.69, 9.17) is 15.2 Å². The lowest BCUT2D eigenvalue weighted by molar-refractivity contribution is 0.0952. The zero-order valence-corrected chi connectivity index (χ0v) is 13.8. The van der Waals surface area contributed by atoms with Gasteiger partial charge in [0, 0.05) is 10.1 Å². The maximum atomic E-state index is 12.0. The molecule has 3 N–H and O–H groups in total. The fourth-order valence-electron chi connectivity index (χ4n) is 1.43. The van der Waals surface area contributed by atoms with E-state index >= 15 is 0 Å². The number of carbonyl (C=O) groups excluding carboxylic acids is 1. The maximum Gasteiger partial charge on any atom is 0.252 e. The number of nitrogens with one attached hydrogen (secondary N) is 1. The highest BCUT2D eigenvalue weighted by Gasteiger charge is 2.14. The minimum absolute atomic E-state index is 0. The van der Waals surface area contributed by atoms with Crippen LogP contribution in [-0.4, -0.2) is 33.2 Å². The van der Waals surface area contributed by atoms with E-state index in [1.165, 1.54) is 0 Å². The van der Waals surface area contributed by atoms with Gasteiger partial charge in [-0.1, -0.05) is 0 Å². The molecule has 0 spiro atoms. The highest BCUT2D eigenvalue weighted by molar-refractivity contribution is 14.1. The molecular formula is C12H18ClIN2O3. The Morgan fingerprint density at radius 2 is 1.89 bits per heavy atom. The van der Waals surface area contributed by atoms with Gasteiger partial charge >= 0.3 is 0 Å². The van der Waals surface area contributed by atoms with E-state index in [1.54, 1.807) is 26.4 Å². The van der Waals surface area contributed by atoms with E-state index in [0.717, 1.165) is 9.99 Å². The average molecular weight is 401 g/mol. The van der Waals surface area contributed by atoms with E-state index in [1.807, 2.05) is 0 Å². The molecule has 0 aliphatic carbocycles. The van der Waals surface area contributed by atoms with Crippen molar-refractivity contribution >= 4 is 40.9 Å². The number of rotatable bonds is 6. The van der Waals surface area contributed by atoms with Gasteiger partial charge in [-0.3, -0.25) is 4.79 Å². The summed E-state index contributed by atoms with van der Waals surface area (Å²) >= 11 is 2.10. The van der Waals surface area contributed by atoms with Crippen LogP contribution in [0.25, 0.3) is 0 Å². The second kappa shape index (κ2) is 9.22. The quantitative estimate of drug-likeness (QED) is 0.564. The van der Waals surface area contributed by atoms with Crippen LogP contribution in [-0.2, 0) is 0 Å². The summed E-state index contributed by atoms with van der Waals surface area (Å²) in [6.07, 6.45) is 0.760. The highest BCUT2D eigenvalue weighted by atomic mass is 127. The summed E-state index contributed by atoms with van der Waals surface area (Å²) in [7, 11) is 3.11. The Bertz CT molecular complexity index is 430. The summed E-state index contributed by atoms with van der Waals surface area (Å²) in [6, 6.07) is 3.45. The number of amides is 1. The maximum absolute atomic E-state index is 12.0. The molecule has 0 saturated heterocycles.